The standard InChI is InChI=1S/C21H20FN7O/c1-13-10-18(26-21(30)14-4-2-3-5-14)29(27-13)20-17-11-25-28(19(17)23-12-24-20)16-8-6-15(22)7-9-16/h6-12,14H,2-5H2,1H3,(H,26,30). The van der Waals surface area contributed by atoms with E-state index in [-0.39, 0.29) is 17.6 Å². The Morgan fingerprint density at radius 2 is 1.90 bits per heavy atom. The van der Waals surface area contributed by atoms with Crippen LogP contribution >= 0.6 is 0 Å². The summed E-state index contributed by atoms with van der Waals surface area (Å²) in [6.07, 6.45) is 7.09. The molecule has 8 nitrogen and oxygen atoms in total. The average Bonchev–Trinajstić information content (AvgIpc) is 3.48. The minimum atomic E-state index is -0.319. The number of carbonyl (C=O) groups is 1. The first-order chi connectivity index (χ1) is 14.6. The molecule has 0 bridgehead atoms. The van der Waals surface area contributed by atoms with Gasteiger partial charge in [-0.05, 0) is 44.0 Å². The summed E-state index contributed by atoms with van der Waals surface area (Å²) >= 11 is 0. The van der Waals surface area contributed by atoms with E-state index in [1.54, 1.807) is 27.7 Å². The summed E-state index contributed by atoms with van der Waals surface area (Å²) in [7, 11) is 0. The third-order valence-electron chi connectivity index (χ3n) is 5.43. The lowest BCUT2D eigenvalue weighted by Gasteiger charge is -2.12. The molecule has 1 N–H and O–H groups in total. The van der Waals surface area contributed by atoms with Crippen LogP contribution in [0, 0.1) is 18.7 Å². The minimum absolute atomic E-state index is 0.0148. The van der Waals surface area contributed by atoms with E-state index in [4.69, 9.17) is 0 Å². The van der Waals surface area contributed by atoms with Crippen molar-refractivity contribution in [1.82, 2.24) is 29.5 Å². The molecule has 5 rings (SSSR count). The molecule has 1 saturated carbocycles. The monoisotopic (exact) mass is 405 g/mol. The van der Waals surface area contributed by atoms with Crippen molar-refractivity contribution in [2.24, 2.45) is 5.92 Å². The Bertz CT molecular complexity index is 1220. The number of anilines is 1. The lowest BCUT2D eigenvalue weighted by atomic mass is 10.1. The molecule has 30 heavy (non-hydrogen) atoms. The van der Waals surface area contributed by atoms with Crippen molar-refractivity contribution < 1.29 is 9.18 Å². The molecule has 1 amide bonds. The minimum Gasteiger partial charge on any atom is -0.310 e. The van der Waals surface area contributed by atoms with Gasteiger partial charge >= 0.3 is 0 Å². The fourth-order valence-corrected chi connectivity index (χ4v) is 3.94. The number of nitrogens with zero attached hydrogens (tertiary/aromatic N) is 6. The number of hydrogen-bond donors (Lipinski definition) is 1. The normalized spacial score (nSPS) is 14.5. The van der Waals surface area contributed by atoms with Gasteiger partial charge in [-0.25, -0.2) is 19.0 Å². The molecule has 152 valence electrons. The summed E-state index contributed by atoms with van der Waals surface area (Å²) in [4.78, 5) is 21.4. The van der Waals surface area contributed by atoms with Gasteiger partial charge in [-0.2, -0.15) is 14.9 Å². The SMILES string of the molecule is Cc1cc(NC(=O)C2CCCC2)n(-c2ncnc3c2cnn3-c2ccc(F)cc2)n1. The Hall–Kier alpha value is -3.62. The van der Waals surface area contributed by atoms with Crippen LogP contribution in [0.1, 0.15) is 31.4 Å². The Morgan fingerprint density at radius 3 is 2.67 bits per heavy atom. The van der Waals surface area contributed by atoms with Crippen molar-refractivity contribution in [2.45, 2.75) is 32.6 Å². The second-order valence-electron chi connectivity index (χ2n) is 7.52. The van der Waals surface area contributed by atoms with E-state index in [1.165, 1.54) is 18.5 Å². The van der Waals surface area contributed by atoms with Gasteiger partial charge in [-0.1, -0.05) is 12.8 Å². The highest BCUT2D eigenvalue weighted by atomic mass is 19.1. The fourth-order valence-electron chi connectivity index (χ4n) is 3.94. The van der Waals surface area contributed by atoms with Crippen molar-refractivity contribution in [3.8, 4) is 11.5 Å². The first-order valence-corrected chi connectivity index (χ1v) is 9.93. The lowest BCUT2D eigenvalue weighted by molar-refractivity contribution is -0.119. The molecule has 1 aromatic carbocycles. The maximum atomic E-state index is 13.3. The zero-order chi connectivity index (χ0) is 20.7. The van der Waals surface area contributed by atoms with Crippen LogP contribution in [0.5, 0.6) is 0 Å². The van der Waals surface area contributed by atoms with Gasteiger partial charge in [0.15, 0.2) is 11.5 Å². The summed E-state index contributed by atoms with van der Waals surface area (Å²) in [5.41, 5.74) is 2.00. The summed E-state index contributed by atoms with van der Waals surface area (Å²) < 4.78 is 16.5. The van der Waals surface area contributed by atoms with Gasteiger partial charge in [-0.15, -0.1) is 0 Å². The highest BCUT2D eigenvalue weighted by Crippen LogP contribution is 2.28. The lowest BCUT2D eigenvalue weighted by Crippen LogP contribution is -2.22. The molecule has 0 unspecified atom stereocenters. The number of amides is 1. The summed E-state index contributed by atoms with van der Waals surface area (Å²) in [5.74, 6) is 0.823. The molecule has 3 aromatic heterocycles. The topological polar surface area (TPSA) is 90.5 Å². The number of benzene rings is 1. The van der Waals surface area contributed by atoms with Gasteiger partial charge in [0, 0.05) is 12.0 Å². The molecule has 9 heteroatoms. The highest BCUT2D eigenvalue weighted by molar-refractivity contribution is 5.93. The average molecular weight is 405 g/mol. The predicted molar refractivity (Wildman–Crippen MR) is 109 cm³/mol. The van der Waals surface area contributed by atoms with Crippen molar-refractivity contribution >= 4 is 22.8 Å². The number of rotatable bonds is 4. The van der Waals surface area contributed by atoms with Crippen molar-refractivity contribution in [1.29, 1.82) is 0 Å². The number of halogens is 1. The predicted octanol–water partition coefficient (Wildman–Crippen LogP) is 3.58. The summed E-state index contributed by atoms with van der Waals surface area (Å²) in [5, 5.41) is 12.6. The molecule has 4 aromatic rings. The Labute approximate surface area is 171 Å². The van der Waals surface area contributed by atoms with Gasteiger partial charge < -0.3 is 5.32 Å². The number of fused-ring (bicyclic) bond motifs is 1. The van der Waals surface area contributed by atoms with E-state index in [9.17, 15) is 9.18 Å². The first kappa shape index (κ1) is 18.4. The fraction of sp³-hybridized carbons (Fsp3) is 0.286. The second kappa shape index (κ2) is 7.33. The molecule has 0 atom stereocenters. The van der Waals surface area contributed by atoms with Crippen molar-refractivity contribution in [3.63, 3.8) is 0 Å². The van der Waals surface area contributed by atoms with E-state index < -0.39 is 0 Å². The van der Waals surface area contributed by atoms with Gasteiger partial charge in [0.2, 0.25) is 5.91 Å². The van der Waals surface area contributed by atoms with Gasteiger partial charge in [0.05, 0.1) is 23.0 Å². The molecular formula is C21H20FN7O. The molecule has 0 aliphatic heterocycles. The van der Waals surface area contributed by atoms with E-state index in [2.05, 4.69) is 25.5 Å². The zero-order valence-corrected chi connectivity index (χ0v) is 16.4. The number of aromatic nitrogens is 6. The third-order valence-corrected chi connectivity index (χ3v) is 5.43. The third kappa shape index (κ3) is 3.22. The Balaban J connectivity index is 1.55. The number of nitrogens with one attached hydrogen (secondary N) is 1. The van der Waals surface area contributed by atoms with Gasteiger partial charge in [0.25, 0.3) is 0 Å². The molecular weight excluding hydrogens is 385 g/mol. The number of hydrogen-bond acceptors (Lipinski definition) is 5. The van der Waals surface area contributed by atoms with Crippen LogP contribution in [0.15, 0.2) is 42.9 Å². The Kier molecular flexibility index (Phi) is 4.50. The van der Waals surface area contributed by atoms with E-state index in [0.717, 1.165) is 31.4 Å². The van der Waals surface area contributed by atoms with Crippen LogP contribution < -0.4 is 5.32 Å². The van der Waals surface area contributed by atoms with E-state index in [1.807, 2.05) is 13.0 Å². The number of carbonyl (C=O) groups excluding carboxylic acids is 1. The zero-order valence-electron chi connectivity index (χ0n) is 16.4. The van der Waals surface area contributed by atoms with Crippen LogP contribution in [-0.4, -0.2) is 35.4 Å². The van der Waals surface area contributed by atoms with E-state index >= 15 is 0 Å². The molecule has 0 saturated heterocycles. The van der Waals surface area contributed by atoms with Crippen LogP contribution in [-0.2, 0) is 4.79 Å². The van der Waals surface area contributed by atoms with Gasteiger partial charge in [-0.3, -0.25) is 4.79 Å². The van der Waals surface area contributed by atoms with Crippen LogP contribution in [0.3, 0.4) is 0 Å². The molecule has 3 heterocycles. The summed E-state index contributed by atoms with van der Waals surface area (Å²) in [6.45, 7) is 1.86. The molecule has 0 spiro atoms. The maximum Gasteiger partial charge on any atom is 0.228 e. The van der Waals surface area contributed by atoms with Gasteiger partial charge in [0.1, 0.15) is 18.0 Å². The summed E-state index contributed by atoms with van der Waals surface area (Å²) in [6, 6.07) is 7.84. The van der Waals surface area contributed by atoms with Crippen LogP contribution in [0.25, 0.3) is 22.5 Å². The van der Waals surface area contributed by atoms with Crippen molar-refractivity contribution in [3.05, 3.63) is 54.4 Å². The Morgan fingerprint density at radius 1 is 1.13 bits per heavy atom. The number of aryl methyl sites for hydroxylation is 1. The van der Waals surface area contributed by atoms with E-state index in [0.29, 0.717) is 28.4 Å². The maximum absolute atomic E-state index is 13.3. The smallest absolute Gasteiger partial charge is 0.228 e. The van der Waals surface area contributed by atoms with Crippen LogP contribution in [0.2, 0.25) is 0 Å². The second-order valence-corrected chi connectivity index (χ2v) is 7.52. The highest BCUT2D eigenvalue weighted by Gasteiger charge is 2.24. The molecule has 0 radical (unpaired) electrons. The largest absolute Gasteiger partial charge is 0.310 e. The molecule has 1 aliphatic rings. The first-order valence-electron chi connectivity index (χ1n) is 9.93. The van der Waals surface area contributed by atoms with Crippen molar-refractivity contribution in [2.75, 3.05) is 5.32 Å². The molecule has 1 fully saturated rings. The molecule has 1 aliphatic carbocycles. The van der Waals surface area contributed by atoms with Crippen LogP contribution in [0.4, 0.5) is 10.2 Å². The quantitative estimate of drug-likeness (QED) is 0.560.